The zero-order valence-electron chi connectivity index (χ0n) is 8.16. The zero-order chi connectivity index (χ0) is 10.4. The molecule has 14 heavy (non-hydrogen) atoms. The zero-order valence-corrected chi connectivity index (χ0v) is 8.16. The predicted molar refractivity (Wildman–Crippen MR) is 51.1 cm³/mol. The summed E-state index contributed by atoms with van der Waals surface area (Å²) in [7, 11) is 0. The number of nitrogens with one attached hydrogen (secondary N) is 1. The highest BCUT2D eigenvalue weighted by Crippen LogP contribution is 2.05. The Morgan fingerprint density at radius 2 is 1.93 bits per heavy atom. The van der Waals surface area contributed by atoms with Crippen LogP contribution in [0.1, 0.15) is 25.7 Å². The Bertz CT molecular complexity index is 204. The summed E-state index contributed by atoms with van der Waals surface area (Å²) in [5.74, 6) is 0.204. The topological polar surface area (TPSA) is 69.6 Å². The van der Waals surface area contributed by atoms with Crippen LogP contribution in [-0.4, -0.2) is 41.6 Å². The summed E-state index contributed by atoms with van der Waals surface area (Å²) >= 11 is 0. The summed E-state index contributed by atoms with van der Waals surface area (Å²) in [6.45, 7) is 2.35. The SMILES string of the molecule is O=C(O)N1CCCC1.O=C1CCCN1. The quantitative estimate of drug-likeness (QED) is 0.603. The maximum atomic E-state index is 10.1. The molecule has 0 radical (unpaired) electrons. The van der Waals surface area contributed by atoms with E-state index in [1.54, 1.807) is 0 Å². The van der Waals surface area contributed by atoms with Gasteiger partial charge in [0.05, 0.1) is 0 Å². The fourth-order valence-electron chi connectivity index (χ4n) is 1.47. The van der Waals surface area contributed by atoms with Crippen molar-refractivity contribution in [2.24, 2.45) is 0 Å². The molecule has 0 unspecified atom stereocenters. The molecule has 2 amide bonds. The number of carbonyl (C=O) groups excluding carboxylic acids is 1. The molecule has 0 aromatic rings. The third kappa shape index (κ3) is 3.64. The molecule has 0 bridgehead atoms. The van der Waals surface area contributed by atoms with Crippen molar-refractivity contribution in [1.82, 2.24) is 10.2 Å². The van der Waals surface area contributed by atoms with E-state index in [1.165, 1.54) is 4.90 Å². The van der Waals surface area contributed by atoms with Gasteiger partial charge in [0.25, 0.3) is 0 Å². The predicted octanol–water partition coefficient (Wildman–Crippen LogP) is 0.657. The van der Waals surface area contributed by atoms with E-state index in [4.69, 9.17) is 5.11 Å². The van der Waals surface area contributed by atoms with Crippen molar-refractivity contribution in [1.29, 1.82) is 0 Å². The van der Waals surface area contributed by atoms with Gasteiger partial charge >= 0.3 is 6.09 Å². The molecule has 0 aliphatic carbocycles. The van der Waals surface area contributed by atoms with E-state index in [-0.39, 0.29) is 5.91 Å². The number of rotatable bonds is 0. The van der Waals surface area contributed by atoms with Crippen LogP contribution in [0.4, 0.5) is 4.79 Å². The molecule has 0 aromatic heterocycles. The van der Waals surface area contributed by atoms with Gasteiger partial charge < -0.3 is 15.3 Å². The first-order valence-electron chi connectivity index (χ1n) is 4.95. The molecular formula is C9H16N2O3. The van der Waals surface area contributed by atoms with Gasteiger partial charge in [-0.25, -0.2) is 4.79 Å². The number of nitrogens with zero attached hydrogens (tertiary/aromatic N) is 1. The summed E-state index contributed by atoms with van der Waals surface area (Å²) in [6.07, 6.45) is 3.06. The average Bonchev–Trinajstić information content (AvgIpc) is 2.75. The first-order valence-corrected chi connectivity index (χ1v) is 4.95. The number of hydrogen-bond donors (Lipinski definition) is 2. The Labute approximate surface area is 83.1 Å². The first kappa shape index (κ1) is 10.8. The lowest BCUT2D eigenvalue weighted by Crippen LogP contribution is -2.25. The normalized spacial score (nSPS) is 20.0. The van der Waals surface area contributed by atoms with Crippen LogP contribution in [-0.2, 0) is 4.79 Å². The van der Waals surface area contributed by atoms with Crippen LogP contribution >= 0.6 is 0 Å². The van der Waals surface area contributed by atoms with Crippen molar-refractivity contribution in [2.45, 2.75) is 25.7 Å². The minimum absolute atomic E-state index is 0.204. The molecule has 2 saturated heterocycles. The Morgan fingerprint density at radius 1 is 1.29 bits per heavy atom. The highest BCUT2D eigenvalue weighted by molar-refractivity contribution is 5.77. The molecule has 5 nitrogen and oxygen atoms in total. The van der Waals surface area contributed by atoms with Gasteiger partial charge in [-0.3, -0.25) is 4.79 Å². The molecule has 2 aliphatic rings. The van der Waals surface area contributed by atoms with Crippen LogP contribution < -0.4 is 5.32 Å². The van der Waals surface area contributed by atoms with Gasteiger partial charge in [0, 0.05) is 26.1 Å². The molecule has 2 aliphatic heterocycles. The summed E-state index contributed by atoms with van der Waals surface area (Å²) in [6, 6.07) is 0. The van der Waals surface area contributed by atoms with Gasteiger partial charge in [-0.1, -0.05) is 0 Å². The van der Waals surface area contributed by atoms with Gasteiger partial charge in [0.15, 0.2) is 0 Å². The van der Waals surface area contributed by atoms with E-state index >= 15 is 0 Å². The monoisotopic (exact) mass is 200 g/mol. The molecule has 2 heterocycles. The largest absolute Gasteiger partial charge is 0.465 e. The summed E-state index contributed by atoms with van der Waals surface area (Å²) in [5, 5.41) is 11.0. The fraction of sp³-hybridized carbons (Fsp3) is 0.778. The van der Waals surface area contributed by atoms with Gasteiger partial charge in [0.1, 0.15) is 0 Å². The molecule has 2 fully saturated rings. The Balaban J connectivity index is 0.000000146. The molecular weight excluding hydrogens is 184 g/mol. The number of carboxylic acid groups (broad SMARTS) is 1. The molecule has 5 heteroatoms. The van der Waals surface area contributed by atoms with E-state index < -0.39 is 6.09 Å². The van der Waals surface area contributed by atoms with E-state index in [2.05, 4.69) is 5.32 Å². The second-order valence-electron chi connectivity index (χ2n) is 3.43. The Morgan fingerprint density at radius 3 is 2.14 bits per heavy atom. The minimum atomic E-state index is -0.775. The van der Waals surface area contributed by atoms with Crippen LogP contribution in [0.5, 0.6) is 0 Å². The van der Waals surface area contributed by atoms with Crippen LogP contribution in [0.15, 0.2) is 0 Å². The standard InChI is InChI=1S/C5H9NO2.C4H7NO/c7-5(8)6-3-1-2-4-6;6-4-2-1-3-5-4/h1-4H2,(H,7,8);1-3H2,(H,5,6). The van der Waals surface area contributed by atoms with Crippen LogP contribution in [0.2, 0.25) is 0 Å². The van der Waals surface area contributed by atoms with Crippen molar-refractivity contribution >= 4 is 12.0 Å². The Hall–Kier alpha value is -1.26. The number of likely N-dealkylation sites (tertiary alicyclic amines) is 1. The molecule has 0 aromatic carbocycles. The summed E-state index contributed by atoms with van der Waals surface area (Å²) < 4.78 is 0. The number of carbonyl (C=O) groups is 2. The highest BCUT2D eigenvalue weighted by atomic mass is 16.4. The van der Waals surface area contributed by atoms with Crippen molar-refractivity contribution < 1.29 is 14.7 Å². The van der Waals surface area contributed by atoms with E-state index in [1.807, 2.05) is 0 Å². The first-order chi connectivity index (χ1) is 6.70. The molecule has 0 atom stereocenters. The van der Waals surface area contributed by atoms with Crippen LogP contribution in [0, 0.1) is 0 Å². The van der Waals surface area contributed by atoms with Crippen LogP contribution in [0.25, 0.3) is 0 Å². The molecule has 2 N–H and O–H groups in total. The summed E-state index contributed by atoms with van der Waals surface area (Å²) in [5.41, 5.74) is 0. The summed E-state index contributed by atoms with van der Waals surface area (Å²) in [4.78, 5) is 21.7. The van der Waals surface area contributed by atoms with Crippen molar-refractivity contribution in [3.05, 3.63) is 0 Å². The molecule has 0 saturated carbocycles. The number of hydrogen-bond acceptors (Lipinski definition) is 2. The number of amides is 2. The van der Waals surface area contributed by atoms with E-state index in [0.717, 1.165) is 45.3 Å². The van der Waals surface area contributed by atoms with Crippen molar-refractivity contribution in [3.8, 4) is 0 Å². The lowest BCUT2D eigenvalue weighted by molar-refractivity contribution is -0.119. The third-order valence-corrected chi connectivity index (χ3v) is 2.28. The second-order valence-corrected chi connectivity index (χ2v) is 3.43. The van der Waals surface area contributed by atoms with Crippen LogP contribution in [0.3, 0.4) is 0 Å². The Kier molecular flexibility index (Phi) is 4.22. The maximum Gasteiger partial charge on any atom is 0.407 e. The lowest BCUT2D eigenvalue weighted by atomic mass is 10.4. The highest BCUT2D eigenvalue weighted by Gasteiger charge is 2.15. The van der Waals surface area contributed by atoms with Crippen molar-refractivity contribution in [2.75, 3.05) is 19.6 Å². The maximum absolute atomic E-state index is 10.1. The molecule has 0 spiro atoms. The second kappa shape index (κ2) is 5.47. The van der Waals surface area contributed by atoms with Crippen molar-refractivity contribution in [3.63, 3.8) is 0 Å². The smallest absolute Gasteiger partial charge is 0.407 e. The molecule has 80 valence electrons. The van der Waals surface area contributed by atoms with Gasteiger partial charge in [-0.2, -0.15) is 0 Å². The third-order valence-electron chi connectivity index (χ3n) is 2.28. The van der Waals surface area contributed by atoms with E-state index in [9.17, 15) is 9.59 Å². The van der Waals surface area contributed by atoms with E-state index in [0.29, 0.717) is 0 Å². The van der Waals surface area contributed by atoms with Gasteiger partial charge in [-0.15, -0.1) is 0 Å². The average molecular weight is 200 g/mol. The minimum Gasteiger partial charge on any atom is -0.465 e. The van der Waals surface area contributed by atoms with Gasteiger partial charge in [0.2, 0.25) is 5.91 Å². The van der Waals surface area contributed by atoms with Gasteiger partial charge in [-0.05, 0) is 19.3 Å². The fourth-order valence-corrected chi connectivity index (χ4v) is 1.47. The lowest BCUT2D eigenvalue weighted by Gasteiger charge is -2.07. The molecule has 2 rings (SSSR count).